The summed E-state index contributed by atoms with van der Waals surface area (Å²) in [5.41, 5.74) is 1.15. The molecule has 0 spiro atoms. The van der Waals surface area contributed by atoms with E-state index in [2.05, 4.69) is 15.3 Å². The Hall–Kier alpha value is -2.70. The van der Waals surface area contributed by atoms with Crippen LogP contribution in [-0.2, 0) is 6.42 Å². The maximum atomic E-state index is 11.5. The highest BCUT2D eigenvalue weighted by atomic mass is 16.6. The molecule has 0 unspecified atom stereocenters. The van der Waals surface area contributed by atoms with Gasteiger partial charge in [-0.05, 0) is 24.8 Å². The maximum Gasteiger partial charge on any atom is 0.353 e. The molecule has 2 aromatic rings. The Morgan fingerprint density at radius 3 is 2.61 bits per heavy atom. The van der Waals surface area contributed by atoms with Gasteiger partial charge < -0.3 is 10.2 Å². The molecule has 0 atom stereocenters. The Kier molecular flexibility index (Phi) is 4.65. The Labute approximate surface area is 134 Å². The molecule has 1 aliphatic heterocycles. The van der Waals surface area contributed by atoms with Gasteiger partial charge >= 0.3 is 5.69 Å². The van der Waals surface area contributed by atoms with Crippen LogP contribution >= 0.6 is 0 Å². The highest BCUT2D eigenvalue weighted by Crippen LogP contribution is 2.33. The van der Waals surface area contributed by atoms with Crippen molar-refractivity contribution in [2.75, 3.05) is 29.9 Å². The first-order valence-corrected chi connectivity index (χ1v) is 7.78. The topological polar surface area (TPSA) is 84.2 Å². The summed E-state index contributed by atoms with van der Waals surface area (Å²) in [7, 11) is 0. The highest BCUT2D eigenvalue weighted by Gasteiger charge is 2.28. The number of rotatable bonds is 6. The van der Waals surface area contributed by atoms with E-state index in [1.807, 2.05) is 35.2 Å². The van der Waals surface area contributed by atoms with E-state index in [9.17, 15) is 10.1 Å². The molecule has 7 heteroatoms. The third-order valence-electron chi connectivity index (χ3n) is 3.94. The number of anilines is 2. The summed E-state index contributed by atoms with van der Waals surface area (Å²) >= 11 is 0. The Morgan fingerprint density at radius 2 is 1.91 bits per heavy atom. The van der Waals surface area contributed by atoms with Gasteiger partial charge in [0.05, 0.1) is 4.92 Å². The number of benzene rings is 1. The molecule has 1 aliphatic rings. The smallest absolute Gasteiger partial charge is 0.353 e. The minimum absolute atomic E-state index is 0.0255. The molecule has 0 saturated carbocycles. The van der Waals surface area contributed by atoms with E-state index in [1.54, 1.807) is 0 Å². The summed E-state index contributed by atoms with van der Waals surface area (Å²) in [6.45, 7) is 2.20. The van der Waals surface area contributed by atoms with Gasteiger partial charge in [-0.3, -0.25) is 10.1 Å². The van der Waals surface area contributed by atoms with E-state index in [0.29, 0.717) is 18.2 Å². The van der Waals surface area contributed by atoms with Crippen LogP contribution in [0.25, 0.3) is 0 Å². The number of nitrogens with zero attached hydrogens (tertiary/aromatic N) is 4. The molecule has 120 valence electrons. The highest BCUT2D eigenvalue weighted by molar-refractivity contribution is 5.70. The molecule has 0 amide bonds. The zero-order valence-corrected chi connectivity index (χ0v) is 12.8. The van der Waals surface area contributed by atoms with Crippen molar-refractivity contribution in [2.45, 2.75) is 19.3 Å². The SMILES string of the molecule is O=[N+]([O-])c1c(NCCc2ccccc2)ncnc1N1CCCC1. The van der Waals surface area contributed by atoms with Gasteiger partial charge in [0.2, 0.25) is 11.6 Å². The lowest BCUT2D eigenvalue weighted by Crippen LogP contribution is -2.21. The summed E-state index contributed by atoms with van der Waals surface area (Å²) in [5.74, 6) is 0.715. The van der Waals surface area contributed by atoms with Crippen molar-refractivity contribution in [1.29, 1.82) is 0 Å². The fourth-order valence-electron chi connectivity index (χ4n) is 2.80. The Balaban J connectivity index is 1.75. The second-order valence-electron chi connectivity index (χ2n) is 5.51. The molecule has 1 aromatic carbocycles. The van der Waals surface area contributed by atoms with Gasteiger partial charge in [0.15, 0.2) is 0 Å². The molecular formula is C16H19N5O2. The van der Waals surface area contributed by atoms with Crippen LogP contribution in [-0.4, -0.2) is 34.5 Å². The predicted molar refractivity (Wildman–Crippen MR) is 88.8 cm³/mol. The minimum atomic E-state index is -0.390. The fourth-order valence-corrected chi connectivity index (χ4v) is 2.80. The lowest BCUT2D eigenvalue weighted by atomic mass is 10.1. The molecule has 1 N–H and O–H groups in total. The van der Waals surface area contributed by atoms with Crippen molar-refractivity contribution in [3.63, 3.8) is 0 Å². The summed E-state index contributed by atoms with van der Waals surface area (Å²) in [6, 6.07) is 9.99. The molecule has 0 radical (unpaired) electrons. The normalized spacial score (nSPS) is 14.0. The average molecular weight is 313 g/mol. The quantitative estimate of drug-likeness (QED) is 0.652. The van der Waals surface area contributed by atoms with Crippen LogP contribution in [0, 0.1) is 10.1 Å². The van der Waals surface area contributed by atoms with Crippen molar-refractivity contribution in [3.8, 4) is 0 Å². The second kappa shape index (κ2) is 7.04. The molecule has 1 fully saturated rings. The van der Waals surface area contributed by atoms with Gasteiger partial charge in [-0.25, -0.2) is 9.97 Å². The van der Waals surface area contributed by atoms with E-state index in [1.165, 1.54) is 11.9 Å². The van der Waals surface area contributed by atoms with Crippen molar-refractivity contribution in [3.05, 3.63) is 52.3 Å². The fraction of sp³-hybridized carbons (Fsp3) is 0.375. The molecule has 1 aromatic heterocycles. The molecule has 23 heavy (non-hydrogen) atoms. The van der Waals surface area contributed by atoms with Crippen LogP contribution in [0.1, 0.15) is 18.4 Å². The number of nitrogens with one attached hydrogen (secondary N) is 1. The van der Waals surface area contributed by atoms with E-state index in [0.717, 1.165) is 32.4 Å². The summed E-state index contributed by atoms with van der Waals surface area (Å²) < 4.78 is 0. The predicted octanol–water partition coefficient (Wildman–Crippen LogP) is 2.64. The maximum absolute atomic E-state index is 11.5. The zero-order chi connectivity index (χ0) is 16.1. The first kappa shape index (κ1) is 15.2. The number of aromatic nitrogens is 2. The van der Waals surface area contributed by atoms with E-state index >= 15 is 0 Å². The Bertz CT molecular complexity index is 671. The second-order valence-corrected chi connectivity index (χ2v) is 5.51. The molecule has 0 bridgehead atoms. The number of hydrogen-bond acceptors (Lipinski definition) is 6. The average Bonchev–Trinajstić information content (AvgIpc) is 3.10. The van der Waals surface area contributed by atoms with Gasteiger partial charge in [0, 0.05) is 19.6 Å². The van der Waals surface area contributed by atoms with Crippen LogP contribution in [0.15, 0.2) is 36.7 Å². The summed E-state index contributed by atoms with van der Waals surface area (Å²) in [5, 5.41) is 14.6. The molecule has 3 rings (SSSR count). The van der Waals surface area contributed by atoms with E-state index in [4.69, 9.17) is 0 Å². The van der Waals surface area contributed by atoms with E-state index in [-0.39, 0.29) is 5.69 Å². The summed E-state index contributed by atoms with van der Waals surface area (Å²) in [6.07, 6.45) is 4.25. The lowest BCUT2D eigenvalue weighted by Gasteiger charge is -2.17. The van der Waals surface area contributed by atoms with E-state index < -0.39 is 4.92 Å². The van der Waals surface area contributed by atoms with Gasteiger partial charge in [-0.2, -0.15) is 0 Å². The van der Waals surface area contributed by atoms with Gasteiger partial charge in [0.25, 0.3) is 0 Å². The Morgan fingerprint density at radius 1 is 1.17 bits per heavy atom. The lowest BCUT2D eigenvalue weighted by molar-refractivity contribution is -0.383. The first-order chi connectivity index (χ1) is 11.3. The third-order valence-corrected chi connectivity index (χ3v) is 3.94. The van der Waals surface area contributed by atoms with Crippen molar-refractivity contribution in [1.82, 2.24) is 9.97 Å². The molecular weight excluding hydrogens is 294 g/mol. The van der Waals surface area contributed by atoms with Crippen LogP contribution in [0.5, 0.6) is 0 Å². The summed E-state index contributed by atoms with van der Waals surface area (Å²) in [4.78, 5) is 21.3. The van der Waals surface area contributed by atoms with Crippen molar-refractivity contribution < 1.29 is 4.92 Å². The van der Waals surface area contributed by atoms with Crippen molar-refractivity contribution >= 4 is 17.3 Å². The molecule has 7 nitrogen and oxygen atoms in total. The molecule has 0 aliphatic carbocycles. The third kappa shape index (κ3) is 3.56. The van der Waals surface area contributed by atoms with Crippen LogP contribution in [0.4, 0.5) is 17.3 Å². The van der Waals surface area contributed by atoms with Gasteiger partial charge in [0.1, 0.15) is 6.33 Å². The monoisotopic (exact) mass is 313 g/mol. The van der Waals surface area contributed by atoms with Crippen LogP contribution < -0.4 is 10.2 Å². The standard InChI is InChI=1S/C16H19N5O2/c22-21(23)14-15(17-9-8-13-6-2-1-3-7-13)18-12-19-16(14)20-10-4-5-11-20/h1-3,6-7,12H,4-5,8-11H2,(H,17,18,19). The largest absolute Gasteiger partial charge is 0.364 e. The number of hydrogen-bond donors (Lipinski definition) is 1. The first-order valence-electron chi connectivity index (χ1n) is 7.78. The van der Waals surface area contributed by atoms with Gasteiger partial charge in [-0.1, -0.05) is 30.3 Å². The zero-order valence-electron chi connectivity index (χ0n) is 12.8. The molecule has 1 saturated heterocycles. The van der Waals surface area contributed by atoms with Gasteiger partial charge in [-0.15, -0.1) is 0 Å². The van der Waals surface area contributed by atoms with Crippen LogP contribution in [0.2, 0.25) is 0 Å². The van der Waals surface area contributed by atoms with Crippen LogP contribution in [0.3, 0.4) is 0 Å². The van der Waals surface area contributed by atoms with Crippen molar-refractivity contribution in [2.24, 2.45) is 0 Å². The molecule has 2 heterocycles. The minimum Gasteiger partial charge on any atom is -0.364 e. The number of nitro groups is 1.